The van der Waals surface area contributed by atoms with Gasteiger partial charge in [0.05, 0.1) is 6.54 Å². The van der Waals surface area contributed by atoms with E-state index in [9.17, 15) is 4.79 Å². The van der Waals surface area contributed by atoms with E-state index in [1.54, 1.807) is 0 Å². The summed E-state index contributed by atoms with van der Waals surface area (Å²) >= 11 is 0. The molecule has 0 radical (unpaired) electrons. The van der Waals surface area contributed by atoms with Gasteiger partial charge in [0.15, 0.2) is 0 Å². The summed E-state index contributed by atoms with van der Waals surface area (Å²) in [6.07, 6.45) is 1.22. The Bertz CT molecular complexity index is 165. The van der Waals surface area contributed by atoms with Crippen LogP contribution in [-0.2, 0) is 4.79 Å². The van der Waals surface area contributed by atoms with Crippen LogP contribution in [0.3, 0.4) is 0 Å². The van der Waals surface area contributed by atoms with Gasteiger partial charge < -0.3 is 10.4 Å². The Balaban J connectivity index is 2.02. The first-order chi connectivity index (χ1) is 5.02. The molecular formula is C8H15NO2. The van der Waals surface area contributed by atoms with Gasteiger partial charge in [-0.1, -0.05) is 13.8 Å². The molecule has 0 bridgehead atoms. The average molecular weight is 157 g/mol. The lowest BCUT2D eigenvalue weighted by Gasteiger charge is -2.02. The second-order valence-corrected chi connectivity index (χ2v) is 3.91. The molecule has 11 heavy (non-hydrogen) atoms. The Morgan fingerprint density at radius 1 is 1.73 bits per heavy atom. The summed E-state index contributed by atoms with van der Waals surface area (Å²) in [5, 5.41) is 11.2. The van der Waals surface area contributed by atoms with Crippen LogP contribution in [0.1, 0.15) is 20.3 Å². The van der Waals surface area contributed by atoms with E-state index in [0.29, 0.717) is 11.3 Å². The highest BCUT2D eigenvalue weighted by Gasteiger charge is 2.44. The molecule has 1 atom stereocenters. The Labute approximate surface area is 66.8 Å². The van der Waals surface area contributed by atoms with Crippen LogP contribution in [0.25, 0.3) is 0 Å². The second-order valence-electron chi connectivity index (χ2n) is 3.91. The van der Waals surface area contributed by atoms with E-state index in [-0.39, 0.29) is 6.54 Å². The van der Waals surface area contributed by atoms with Crippen molar-refractivity contribution >= 4 is 5.97 Å². The molecule has 0 spiro atoms. The van der Waals surface area contributed by atoms with E-state index in [0.717, 1.165) is 6.54 Å². The van der Waals surface area contributed by atoms with Crippen LogP contribution >= 0.6 is 0 Å². The topological polar surface area (TPSA) is 49.3 Å². The highest BCUT2D eigenvalue weighted by Crippen LogP contribution is 2.50. The fraction of sp³-hybridized carbons (Fsp3) is 0.875. The number of rotatable bonds is 4. The van der Waals surface area contributed by atoms with Crippen LogP contribution in [0.4, 0.5) is 0 Å². The maximum Gasteiger partial charge on any atom is 0.317 e. The van der Waals surface area contributed by atoms with Crippen LogP contribution in [0.5, 0.6) is 0 Å². The molecule has 3 heteroatoms. The fourth-order valence-corrected chi connectivity index (χ4v) is 1.28. The number of nitrogens with one attached hydrogen (secondary N) is 1. The molecule has 1 aliphatic rings. The minimum Gasteiger partial charge on any atom is -0.480 e. The normalized spacial score (nSPS) is 26.5. The number of aliphatic carboxylic acids is 1. The zero-order valence-electron chi connectivity index (χ0n) is 7.05. The van der Waals surface area contributed by atoms with Crippen LogP contribution in [0.15, 0.2) is 0 Å². The summed E-state index contributed by atoms with van der Waals surface area (Å²) in [5.74, 6) is -0.0923. The standard InChI is InChI=1S/C8H15NO2/c1-8(2)3-6(8)4-9-5-7(10)11/h6,9H,3-5H2,1-2H3,(H,10,11). The Morgan fingerprint density at radius 2 is 2.27 bits per heavy atom. The predicted octanol–water partition coefficient (Wildman–Crippen LogP) is 0.707. The number of carboxylic acids is 1. The molecule has 0 aromatic rings. The van der Waals surface area contributed by atoms with Crippen molar-refractivity contribution in [2.45, 2.75) is 20.3 Å². The van der Waals surface area contributed by atoms with Gasteiger partial charge in [0.1, 0.15) is 0 Å². The van der Waals surface area contributed by atoms with Crippen molar-refractivity contribution in [1.82, 2.24) is 5.32 Å². The average Bonchev–Trinajstić information content (AvgIpc) is 2.39. The van der Waals surface area contributed by atoms with Crippen molar-refractivity contribution in [2.75, 3.05) is 13.1 Å². The molecule has 64 valence electrons. The highest BCUT2D eigenvalue weighted by atomic mass is 16.4. The number of hydrogen-bond donors (Lipinski definition) is 2. The lowest BCUT2D eigenvalue weighted by Crippen LogP contribution is -2.25. The van der Waals surface area contributed by atoms with E-state index < -0.39 is 5.97 Å². The summed E-state index contributed by atoms with van der Waals surface area (Å²) < 4.78 is 0. The van der Waals surface area contributed by atoms with Gasteiger partial charge in [0, 0.05) is 0 Å². The van der Waals surface area contributed by atoms with E-state index in [1.165, 1.54) is 6.42 Å². The molecule has 1 rings (SSSR count). The van der Waals surface area contributed by atoms with Crippen molar-refractivity contribution in [1.29, 1.82) is 0 Å². The zero-order valence-corrected chi connectivity index (χ0v) is 7.05. The molecule has 0 aliphatic heterocycles. The molecule has 3 nitrogen and oxygen atoms in total. The lowest BCUT2D eigenvalue weighted by atomic mass is 10.1. The van der Waals surface area contributed by atoms with Gasteiger partial charge in [-0.15, -0.1) is 0 Å². The molecule has 1 fully saturated rings. The van der Waals surface area contributed by atoms with Gasteiger partial charge in [0.2, 0.25) is 0 Å². The molecule has 1 saturated carbocycles. The molecular weight excluding hydrogens is 142 g/mol. The van der Waals surface area contributed by atoms with E-state index in [2.05, 4.69) is 19.2 Å². The molecule has 0 saturated heterocycles. The van der Waals surface area contributed by atoms with Gasteiger partial charge in [-0.3, -0.25) is 4.79 Å². The first-order valence-corrected chi connectivity index (χ1v) is 3.95. The summed E-state index contributed by atoms with van der Waals surface area (Å²) in [7, 11) is 0. The Morgan fingerprint density at radius 3 is 2.64 bits per heavy atom. The minimum absolute atomic E-state index is 0.0899. The number of hydrogen-bond acceptors (Lipinski definition) is 2. The quantitative estimate of drug-likeness (QED) is 0.631. The van der Waals surface area contributed by atoms with E-state index in [4.69, 9.17) is 5.11 Å². The SMILES string of the molecule is CC1(C)CC1CNCC(=O)O. The van der Waals surface area contributed by atoms with E-state index in [1.807, 2.05) is 0 Å². The van der Waals surface area contributed by atoms with Gasteiger partial charge in [0.25, 0.3) is 0 Å². The summed E-state index contributed by atoms with van der Waals surface area (Å²) in [4.78, 5) is 10.1. The maximum atomic E-state index is 10.1. The summed E-state index contributed by atoms with van der Waals surface area (Å²) in [6, 6.07) is 0. The number of carbonyl (C=O) groups is 1. The third kappa shape index (κ3) is 2.50. The molecule has 0 amide bonds. The molecule has 2 N–H and O–H groups in total. The first-order valence-electron chi connectivity index (χ1n) is 3.95. The van der Waals surface area contributed by atoms with Crippen molar-refractivity contribution in [3.63, 3.8) is 0 Å². The van der Waals surface area contributed by atoms with Gasteiger partial charge in [-0.25, -0.2) is 0 Å². The van der Waals surface area contributed by atoms with Crippen LogP contribution in [0.2, 0.25) is 0 Å². The minimum atomic E-state index is -0.775. The van der Waals surface area contributed by atoms with Crippen LogP contribution in [-0.4, -0.2) is 24.2 Å². The molecule has 0 aromatic carbocycles. The van der Waals surface area contributed by atoms with Crippen LogP contribution < -0.4 is 5.32 Å². The van der Waals surface area contributed by atoms with Gasteiger partial charge >= 0.3 is 5.97 Å². The van der Waals surface area contributed by atoms with Crippen molar-refractivity contribution < 1.29 is 9.90 Å². The Hall–Kier alpha value is -0.570. The number of carboxylic acid groups (broad SMARTS) is 1. The molecule has 1 unspecified atom stereocenters. The molecule has 0 heterocycles. The van der Waals surface area contributed by atoms with Crippen molar-refractivity contribution in [2.24, 2.45) is 11.3 Å². The van der Waals surface area contributed by atoms with Crippen molar-refractivity contribution in [3.05, 3.63) is 0 Å². The second kappa shape index (κ2) is 2.81. The third-order valence-corrected chi connectivity index (χ3v) is 2.38. The maximum absolute atomic E-state index is 10.1. The van der Waals surface area contributed by atoms with E-state index >= 15 is 0 Å². The van der Waals surface area contributed by atoms with Gasteiger partial charge in [-0.2, -0.15) is 0 Å². The molecule has 1 aliphatic carbocycles. The monoisotopic (exact) mass is 157 g/mol. The van der Waals surface area contributed by atoms with Gasteiger partial charge in [-0.05, 0) is 24.3 Å². The third-order valence-electron chi connectivity index (χ3n) is 2.38. The first kappa shape index (κ1) is 8.53. The largest absolute Gasteiger partial charge is 0.480 e. The molecule has 0 aromatic heterocycles. The zero-order chi connectivity index (χ0) is 8.48. The highest BCUT2D eigenvalue weighted by molar-refractivity contribution is 5.68. The fourth-order valence-electron chi connectivity index (χ4n) is 1.28. The summed E-state index contributed by atoms with van der Waals surface area (Å²) in [6.45, 7) is 5.35. The smallest absolute Gasteiger partial charge is 0.317 e. The summed E-state index contributed by atoms with van der Waals surface area (Å²) in [5.41, 5.74) is 0.450. The Kier molecular flexibility index (Phi) is 2.18. The van der Waals surface area contributed by atoms with Crippen LogP contribution in [0, 0.1) is 11.3 Å². The van der Waals surface area contributed by atoms with Crippen molar-refractivity contribution in [3.8, 4) is 0 Å². The predicted molar refractivity (Wildman–Crippen MR) is 42.4 cm³/mol. The lowest BCUT2D eigenvalue weighted by molar-refractivity contribution is -0.135.